The highest BCUT2D eigenvalue weighted by Gasteiger charge is 2.06. The lowest BCUT2D eigenvalue weighted by Gasteiger charge is -2.09. The number of benzene rings is 2. The molecule has 0 atom stereocenters. The van der Waals surface area contributed by atoms with E-state index in [1.807, 2.05) is 24.3 Å². The van der Waals surface area contributed by atoms with E-state index < -0.39 is 0 Å². The van der Waals surface area contributed by atoms with Gasteiger partial charge in [-0.05, 0) is 42.8 Å². The van der Waals surface area contributed by atoms with Gasteiger partial charge in [0.25, 0.3) is 0 Å². The van der Waals surface area contributed by atoms with E-state index >= 15 is 0 Å². The summed E-state index contributed by atoms with van der Waals surface area (Å²) in [5, 5.41) is 0.475. The lowest BCUT2D eigenvalue weighted by Crippen LogP contribution is -2.09. The largest absolute Gasteiger partial charge is 0.494 e. The summed E-state index contributed by atoms with van der Waals surface area (Å²) in [5.74, 6) is 2.16. The van der Waals surface area contributed by atoms with Gasteiger partial charge in [0.15, 0.2) is 0 Å². The van der Waals surface area contributed by atoms with E-state index in [4.69, 9.17) is 39.0 Å². The van der Waals surface area contributed by atoms with E-state index in [0.29, 0.717) is 28.7 Å². The second-order valence-electron chi connectivity index (χ2n) is 4.43. The Balaban J connectivity index is 2.07. The van der Waals surface area contributed by atoms with E-state index in [1.165, 1.54) is 0 Å². The number of halogens is 1. The van der Waals surface area contributed by atoms with Gasteiger partial charge in [-0.15, -0.1) is 0 Å². The molecule has 0 aliphatic heterocycles. The van der Waals surface area contributed by atoms with Crippen molar-refractivity contribution in [2.75, 3.05) is 6.61 Å². The van der Waals surface area contributed by atoms with Crippen LogP contribution in [0, 0.1) is 0 Å². The van der Waals surface area contributed by atoms with Crippen molar-refractivity contribution in [2.45, 2.75) is 13.3 Å². The number of thiocarbonyl (C=S) groups is 1. The second-order valence-corrected chi connectivity index (χ2v) is 5.27. The van der Waals surface area contributed by atoms with Crippen LogP contribution in [0.3, 0.4) is 0 Å². The zero-order chi connectivity index (χ0) is 15.2. The normalized spacial score (nSPS) is 10.2. The summed E-state index contributed by atoms with van der Waals surface area (Å²) in [5.41, 5.74) is 6.21. The molecule has 2 aromatic rings. The summed E-state index contributed by atoms with van der Waals surface area (Å²) in [4.78, 5) is 0.268. The van der Waals surface area contributed by atoms with Crippen LogP contribution in [0.5, 0.6) is 17.2 Å². The number of ether oxygens (including phenoxy) is 2. The smallest absolute Gasteiger partial charge is 0.128 e. The lowest BCUT2D eigenvalue weighted by atomic mass is 10.2. The van der Waals surface area contributed by atoms with Crippen LogP contribution in [0.4, 0.5) is 0 Å². The first-order valence-electron chi connectivity index (χ1n) is 6.60. The van der Waals surface area contributed by atoms with Crippen LogP contribution in [0.1, 0.15) is 18.9 Å². The Bertz CT molecular complexity index is 629. The van der Waals surface area contributed by atoms with Gasteiger partial charge in [-0.3, -0.25) is 0 Å². The van der Waals surface area contributed by atoms with Crippen LogP contribution in [0.2, 0.25) is 5.02 Å². The molecule has 0 unspecified atom stereocenters. The average molecular weight is 322 g/mol. The summed E-state index contributed by atoms with van der Waals surface area (Å²) in [6.07, 6.45) is 0.978. The van der Waals surface area contributed by atoms with Gasteiger partial charge in [-0.2, -0.15) is 0 Å². The molecule has 0 spiro atoms. The first-order valence-corrected chi connectivity index (χ1v) is 7.39. The van der Waals surface area contributed by atoms with Gasteiger partial charge in [0, 0.05) is 11.6 Å². The third-order valence-corrected chi connectivity index (χ3v) is 3.27. The van der Waals surface area contributed by atoms with Crippen molar-refractivity contribution in [1.82, 2.24) is 0 Å². The van der Waals surface area contributed by atoms with Crippen molar-refractivity contribution < 1.29 is 9.47 Å². The fraction of sp³-hybridized carbons (Fsp3) is 0.188. The molecule has 0 aliphatic rings. The van der Waals surface area contributed by atoms with Gasteiger partial charge in [0.05, 0.1) is 11.6 Å². The van der Waals surface area contributed by atoms with Gasteiger partial charge in [0.2, 0.25) is 0 Å². The van der Waals surface area contributed by atoms with E-state index in [1.54, 1.807) is 18.2 Å². The molecule has 0 heterocycles. The van der Waals surface area contributed by atoms with E-state index in [-0.39, 0.29) is 4.99 Å². The minimum atomic E-state index is 0.268. The molecule has 0 aliphatic carbocycles. The Morgan fingerprint density at radius 1 is 1.10 bits per heavy atom. The van der Waals surface area contributed by atoms with E-state index in [9.17, 15) is 0 Å². The summed E-state index contributed by atoms with van der Waals surface area (Å²) >= 11 is 11.0. The SMILES string of the molecule is CCCOc1ccc(Oc2ccc(C(N)=S)c(Cl)c2)cc1. The molecule has 0 aromatic heterocycles. The molecule has 2 N–H and O–H groups in total. The van der Waals surface area contributed by atoms with Crippen LogP contribution < -0.4 is 15.2 Å². The highest BCUT2D eigenvalue weighted by Crippen LogP contribution is 2.28. The molecule has 0 saturated heterocycles. The number of hydrogen-bond acceptors (Lipinski definition) is 3. The molecule has 0 radical (unpaired) electrons. The van der Waals surface area contributed by atoms with Crippen LogP contribution in [-0.2, 0) is 0 Å². The van der Waals surface area contributed by atoms with E-state index in [2.05, 4.69) is 6.92 Å². The number of nitrogens with two attached hydrogens (primary N) is 1. The van der Waals surface area contributed by atoms with Crippen LogP contribution >= 0.6 is 23.8 Å². The Hall–Kier alpha value is -1.78. The predicted octanol–water partition coefficient (Wildman–Crippen LogP) is 4.56. The molecular formula is C16H16ClNO2S. The molecular weight excluding hydrogens is 306 g/mol. The van der Waals surface area contributed by atoms with Crippen molar-refractivity contribution in [1.29, 1.82) is 0 Å². The molecule has 5 heteroatoms. The predicted molar refractivity (Wildman–Crippen MR) is 89.6 cm³/mol. The molecule has 3 nitrogen and oxygen atoms in total. The highest BCUT2D eigenvalue weighted by molar-refractivity contribution is 7.80. The second kappa shape index (κ2) is 7.29. The summed E-state index contributed by atoms with van der Waals surface area (Å²) in [7, 11) is 0. The van der Waals surface area contributed by atoms with Gasteiger partial charge in [0.1, 0.15) is 22.2 Å². The third-order valence-electron chi connectivity index (χ3n) is 2.74. The van der Waals surface area contributed by atoms with Crippen molar-refractivity contribution in [2.24, 2.45) is 5.73 Å². The zero-order valence-electron chi connectivity index (χ0n) is 11.6. The fourth-order valence-electron chi connectivity index (χ4n) is 1.72. The highest BCUT2D eigenvalue weighted by atomic mass is 35.5. The van der Waals surface area contributed by atoms with Crippen LogP contribution in [0.25, 0.3) is 0 Å². The van der Waals surface area contributed by atoms with Crippen molar-refractivity contribution in [3.63, 3.8) is 0 Å². The maximum atomic E-state index is 6.11. The standard InChI is InChI=1S/C16H16ClNO2S/c1-2-9-19-11-3-5-12(6-4-11)20-13-7-8-14(16(18)21)15(17)10-13/h3-8,10H,2,9H2,1H3,(H2,18,21). The maximum absolute atomic E-state index is 6.11. The molecule has 21 heavy (non-hydrogen) atoms. The average Bonchev–Trinajstić information content (AvgIpc) is 2.46. The monoisotopic (exact) mass is 321 g/mol. The molecule has 0 fully saturated rings. The minimum Gasteiger partial charge on any atom is -0.494 e. The maximum Gasteiger partial charge on any atom is 0.128 e. The lowest BCUT2D eigenvalue weighted by molar-refractivity contribution is 0.317. The van der Waals surface area contributed by atoms with E-state index in [0.717, 1.165) is 12.2 Å². The first-order chi connectivity index (χ1) is 10.1. The Morgan fingerprint density at radius 3 is 2.29 bits per heavy atom. The zero-order valence-corrected chi connectivity index (χ0v) is 13.2. The quantitative estimate of drug-likeness (QED) is 0.792. The Morgan fingerprint density at radius 2 is 1.71 bits per heavy atom. The van der Waals surface area contributed by atoms with Crippen molar-refractivity contribution in [3.05, 3.63) is 53.1 Å². The first kappa shape index (κ1) is 15.6. The fourth-order valence-corrected chi connectivity index (χ4v) is 2.23. The van der Waals surface area contributed by atoms with Crippen LogP contribution in [0.15, 0.2) is 42.5 Å². The summed E-state index contributed by atoms with van der Waals surface area (Å²) in [6.45, 7) is 2.77. The molecule has 110 valence electrons. The number of hydrogen-bond donors (Lipinski definition) is 1. The Kier molecular flexibility index (Phi) is 5.42. The molecule has 0 bridgehead atoms. The molecule has 0 amide bonds. The number of rotatable bonds is 6. The van der Waals surface area contributed by atoms with Gasteiger partial charge in [-0.1, -0.05) is 30.7 Å². The van der Waals surface area contributed by atoms with Gasteiger partial charge < -0.3 is 15.2 Å². The summed E-state index contributed by atoms with van der Waals surface area (Å²) < 4.78 is 11.2. The molecule has 2 aromatic carbocycles. The van der Waals surface area contributed by atoms with Gasteiger partial charge >= 0.3 is 0 Å². The topological polar surface area (TPSA) is 44.5 Å². The molecule has 2 rings (SSSR count). The summed E-state index contributed by atoms with van der Waals surface area (Å²) in [6, 6.07) is 12.7. The van der Waals surface area contributed by atoms with Gasteiger partial charge in [-0.25, -0.2) is 0 Å². The van der Waals surface area contributed by atoms with Crippen molar-refractivity contribution in [3.8, 4) is 17.2 Å². The Labute approximate surface area is 134 Å². The third kappa shape index (κ3) is 4.34. The minimum absolute atomic E-state index is 0.268. The van der Waals surface area contributed by atoms with Crippen molar-refractivity contribution >= 4 is 28.8 Å². The molecule has 0 saturated carbocycles. The van der Waals surface area contributed by atoms with Crippen LogP contribution in [-0.4, -0.2) is 11.6 Å².